The van der Waals surface area contributed by atoms with E-state index in [0.717, 1.165) is 11.8 Å². The molecular weight excluding hydrogens is 470 g/mol. The summed E-state index contributed by atoms with van der Waals surface area (Å²) in [5.74, 6) is 1.80. The van der Waals surface area contributed by atoms with Crippen LogP contribution in [0.3, 0.4) is 0 Å². The van der Waals surface area contributed by atoms with Crippen molar-refractivity contribution in [3.63, 3.8) is 0 Å². The van der Waals surface area contributed by atoms with Crippen LogP contribution in [-0.4, -0.2) is 13.1 Å². The van der Waals surface area contributed by atoms with Gasteiger partial charge in [0.15, 0.2) is 0 Å². The molecule has 0 amide bonds. The molecule has 1 nitrogen and oxygen atoms in total. The molecule has 1 heteroatoms. The molecule has 0 aromatic heterocycles. The van der Waals surface area contributed by atoms with Gasteiger partial charge >= 0.3 is 0 Å². The van der Waals surface area contributed by atoms with Crippen LogP contribution in [0.2, 0.25) is 0 Å². The molecule has 2 atom stereocenters. The highest BCUT2D eigenvalue weighted by atomic mass is 14.8. The predicted molar refractivity (Wildman–Crippen MR) is 181 cm³/mol. The van der Waals surface area contributed by atoms with Gasteiger partial charge in [0.2, 0.25) is 0 Å². The summed E-state index contributed by atoms with van der Waals surface area (Å²) in [7, 11) is 0. The maximum absolute atomic E-state index is 3.73. The molecule has 0 rings (SSSR count). The van der Waals surface area contributed by atoms with Gasteiger partial charge in [0.05, 0.1) is 0 Å². The Labute approximate surface area is 250 Å². The van der Waals surface area contributed by atoms with Crippen LogP contribution in [0.15, 0.2) is 0 Å². The lowest BCUT2D eigenvalue weighted by Crippen LogP contribution is -2.19. The molecule has 0 spiro atoms. The molecule has 0 aliphatic heterocycles. The predicted octanol–water partition coefficient (Wildman–Crippen LogP) is 13.6. The van der Waals surface area contributed by atoms with Crippen molar-refractivity contribution in [1.82, 2.24) is 5.32 Å². The second-order valence-corrected chi connectivity index (χ2v) is 13.6. The lowest BCUT2D eigenvalue weighted by molar-refractivity contribution is 0.361. The molecule has 0 heterocycles. The normalized spacial score (nSPS) is 13.2. The fourth-order valence-electron chi connectivity index (χ4n) is 6.35. The highest BCUT2D eigenvalue weighted by molar-refractivity contribution is 4.62. The van der Waals surface area contributed by atoms with Gasteiger partial charge in [0, 0.05) is 0 Å². The number of nitrogens with one attached hydrogen (secondary N) is 1. The minimum Gasteiger partial charge on any atom is -0.317 e. The Hall–Kier alpha value is -0.0400. The summed E-state index contributed by atoms with van der Waals surface area (Å²) >= 11 is 0. The van der Waals surface area contributed by atoms with Gasteiger partial charge in [-0.15, -0.1) is 0 Å². The van der Waals surface area contributed by atoms with E-state index in [-0.39, 0.29) is 0 Å². The van der Waals surface area contributed by atoms with Crippen LogP contribution in [0.5, 0.6) is 0 Å². The second-order valence-electron chi connectivity index (χ2n) is 13.6. The maximum Gasteiger partial charge on any atom is -0.00464 e. The summed E-state index contributed by atoms with van der Waals surface area (Å²) in [5, 5.41) is 3.73. The quantitative estimate of drug-likeness (QED) is 0.0787. The van der Waals surface area contributed by atoms with Crippen molar-refractivity contribution in [2.45, 2.75) is 220 Å². The Kier molecular flexibility index (Phi) is 34.1. The summed E-state index contributed by atoms with van der Waals surface area (Å²) in [6.07, 6.45) is 43.6. The van der Waals surface area contributed by atoms with E-state index in [1.54, 1.807) is 0 Å². The molecule has 0 aliphatic carbocycles. The first-order valence-electron chi connectivity index (χ1n) is 18.9. The van der Waals surface area contributed by atoms with E-state index < -0.39 is 0 Å². The van der Waals surface area contributed by atoms with Crippen LogP contribution in [0.1, 0.15) is 220 Å². The van der Waals surface area contributed by atoms with Gasteiger partial charge in [-0.2, -0.15) is 0 Å². The van der Waals surface area contributed by atoms with Crippen molar-refractivity contribution in [3.8, 4) is 0 Å². The molecule has 39 heavy (non-hydrogen) atoms. The summed E-state index contributed by atoms with van der Waals surface area (Å²) in [6, 6.07) is 0. The van der Waals surface area contributed by atoms with Gasteiger partial charge in [-0.25, -0.2) is 0 Å². The first-order chi connectivity index (χ1) is 19.2. The second kappa shape index (κ2) is 34.2. The van der Waals surface area contributed by atoms with Crippen molar-refractivity contribution >= 4 is 0 Å². The van der Waals surface area contributed by atoms with Crippen molar-refractivity contribution in [2.75, 3.05) is 13.1 Å². The van der Waals surface area contributed by atoms with Crippen LogP contribution in [0, 0.1) is 11.8 Å². The maximum atomic E-state index is 3.73. The van der Waals surface area contributed by atoms with E-state index in [1.165, 1.54) is 206 Å². The Balaban J connectivity index is 3.24. The number of rotatable bonds is 34. The third-order valence-corrected chi connectivity index (χ3v) is 9.13. The first-order valence-corrected chi connectivity index (χ1v) is 18.9. The van der Waals surface area contributed by atoms with E-state index in [9.17, 15) is 0 Å². The third kappa shape index (κ3) is 34.1. The molecule has 0 aliphatic rings. The zero-order valence-electron chi connectivity index (χ0n) is 28.3. The molecular formula is C38H79N. The molecule has 0 aromatic rings. The van der Waals surface area contributed by atoms with Crippen molar-refractivity contribution in [2.24, 2.45) is 11.8 Å². The highest BCUT2D eigenvalue weighted by Gasteiger charge is 2.08. The van der Waals surface area contributed by atoms with E-state index in [4.69, 9.17) is 0 Å². The van der Waals surface area contributed by atoms with Gasteiger partial charge in [0.1, 0.15) is 0 Å². The summed E-state index contributed by atoms with van der Waals surface area (Å²) in [6.45, 7) is 12.1. The van der Waals surface area contributed by atoms with Gasteiger partial charge < -0.3 is 5.32 Å². The topological polar surface area (TPSA) is 12.0 Å². The molecule has 0 aromatic carbocycles. The standard InChI is InChI=1S/C38H79N/c1-5-7-9-11-13-15-17-18-19-20-21-23-25-27-29-31-34-39-35-33-38(4)36-37(3)32-30-28-26-24-22-16-14-12-10-8-6-2/h37-39H,5-36H2,1-4H3. The van der Waals surface area contributed by atoms with E-state index in [2.05, 4.69) is 33.0 Å². The zero-order chi connectivity index (χ0) is 28.5. The van der Waals surface area contributed by atoms with Crippen LogP contribution >= 0.6 is 0 Å². The average Bonchev–Trinajstić information content (AvgIpc) is 2.93. The smallest absolute Gasteiger partial charge is 0.00464 e. The minimum absolute atomic E-state index is 0.881. The fourth-order valence-corrected chi connectivity index (χ4v) is 6.35. The van der Waals surface area contributed by atoms with Crippen LogP contribution < -0.4 is 5.32 Å². The Morgan fingerprint density at radius 2 is 0.641 bits per heavy atom. The van der Waals surface area contributed by atoms with Crippen LogP contribution in [-0.2, 0) is 0 Å². The lowest BCUT2D eigenvalue weighted by Gasteiger charge is -2.17. The highest BCUT2D eigenvalue weighted by Crippen LogP contribution is 2.21. The number of hydrogen-bond acceptors (Lipinski definition) is 1. The first kappa shape index (κ1) is 39.0. The van der Waals surface area contributed by atoms with E-state index in [0.29, 0.717) is 0 Å². The molecule has 0 fully saturated rings. The summed E-state index contributed by atoms with van der Waals surface area (Å²) in [4.78, 5) is 0. The summed E-state index contributed by atoms with van der Waals surface area (Å²) < 4.78 is 0. The lowest BCUT2D eigenvalue weighted by atomic mass is 9.90. The van der Waals surface area contributed by atoms with E-state index in [1.807, 2.05) is 0 Å². The Morgan fingerprint density at radius 1 is 0.333 bits per heavy atom. The van der Waals surface area contributed by atoms with Crippen LogP contribution in [0.25, 0.3) is 0 Å². The SMILES string of the molecule is CCCCCCCCCCCCCCCCCCNCCC(C)CC(C)CCCCCCCCCCCCC. The number of hydrogen-bond donors (Lipinski definition) is 1. The molecule has 1 N–H and O–H groups in total. The van der Waals surface area contributed by atoms with Crippen molar-refractivity contribution in [1.29, 1.82) is 0 Å². The molecule has 0 saturated heterocycles. The fraction of sp³-hybridized carbons (Fsp3) is 1.00. The number of unbranched alkanes of at least 4 members (excludes halogenated alkanes) is 25. The molecule has 0 radical (unpaired) electrons. The zero-order valence-corrected chi connectivity index (χ0v) is 28.3. The average molecular weight is 550 g/mol. The van der Waals surface area contributed by atoms with E-state index >= 15 is 0 Å². The van der Waals surface area contributed by atoms with Crippen molar-refractivity contribution in [3.05, 3.63) is 0 Å². The molecule has 236 valence electrons. The summed E-state index contributed by atoms with van der Waals surface area (Å²) in [5.41, 5.74) is 0. The third-order valence-electron chi connectivity index (χ3n) is 9.13. The van der Waals surface area contributed by atoms with Gasteiger partial charge in [-0.05, 0) is 44.2 Å². The minimum atomic E-state index is 0.881. The Morgan fingerprint density at radius 3 is 1.03 bits per heavy atom. The van der Waals surface area contributed by atoms with Gasteiger partial charge in [-0.3, -0.25) is 0 Å². The van der Waals surface area contributed by atoms with Gasteiger partial charge in [-0.1, -0.05) is 201 Å². The van der Waals surface area contributed by atoms with Gasteiger partial charge in [0.25, 0.3) is 0 Å². The monoisotopic (exact) mass is 550 g/mol. The molecule has 0 bridgehead atoms. The molecule has 2 unspecified atom stereocenters. The van der Waals surface area contributed by atoms with Crippen LogP contribution in [0.4, 0.5) is 0 Å². The molecule has 0 saturated carbocycles. The Bertz CT molecular complexity index is 419. The van der Waals surface area contributed by atoms with Crippen molar-refractivity contribution < 1.29 is 0 Å². The largest absolute Gasteiger partial charge is 0.317 e.